The summed E-state index contributed by atoms with van der Waals surface area (Å²) in [6, 6.07) is 17.0. The summed E-state index contributed by atoms with van der Waals surface area (Å²) in [7, 11) is 0. The molecule has 0 radical (unpaired) electrons. The highest BCUT2D eigenvalue weighted by Crippen LogP contribution is 2.10. The van der Waals surface area contributed by atoms with Crippen molar-refractivity contribution in [2.45, 2.75) is 13.3 Å². The van der Waals surface area contributed by atoms with Crippen molar-refractivity contribution in [2.75, 3.05) is 19.8 Å². The Bertz CT molecular complexity index is 901. The molecule has 148 valence electrons. The Morgan fingerprint density at radius 3 is 2.52 bits per heavy atom. The predicted octanol–water partition coefficient (Wildman–Crippen LogP) is 4.69. The molecule has 2 aromatic carbocycles. The minimum atomic E-state index is -0.138. The number of carbonyl (C=O) groups excluding carboxylic acids is 1. The summed E-state index contributed by atoms with van der Waals surface area (Å²) in [5.74, 6) is -0.138. The Labute approximate surface area is 172 Å². The van der Waals surface area contributed by atoms with Crippen LogP contribution in [-0.2, 0) is 11.2 Å². The molecule has 4 heteroatoms. The van der Waals surface area contributed by atoms with Crippen LogP contribution in [0.5, 0.6) is 0 Å². The molecule has 2 aromatic rings. The summed E-state index contributed by atoms with van der Waals surface area (Å²) in [6.07, 6.45) is 8.12. The number of Topliss-reactive ketones (excluding diaryl/α,β-unsaturated/α-hetero) is 1. The van der Waals surface area contributed by atoms with Crippen molar-refractivity contribution in [3.8, 4) is 6.07 Å². The molecule has 0 bridgehead atoms. The van der Waals surface area contributed by atoms with Crippen molar-refractivity contribution >= 4 is 11.9 Å². The number of nitrogens with one attached hydrogen (secondary N) is 1. The van der Waals surface area contributed by atoms with Gasteiger partial charge in [-0.1, -0.05) is 49.1 Å². The first kappa shape index (κ1) is 21.9. The van der Waals surface area contributed by atoms with E-state index in [1.54, 1.807) is 36.4 Å². The van der Waals surface area contributed by atoms with Crippen LogP contribution in [0.15, 0.2) is 79.0 Å². The second kappa shape index (κ2) is 12.1. The van der Waals surface area contributed by atoms with Crippen LogP contribution in [0.25, 0.3) is 6.08 Å². The lowest BCUT2D eigenvalue weighted by Crippen LogP contribution is -2.20. The summed E-state index contributed by atoms with van der Waals surface area (Å²) in [5.41, 5.74) is 3.85. The fourth-order valence-electron chi connectivity index (χ4n) is 2.68. The zero-order valence-electron chi connectivity index (χ0n) is 16.7. The Balaban J connectivity index is 1.91. The van der Waals surface area contributed by atoms with Crippen LogP contribution in [0.4, 0.5) is 0 Å². The molecule has 4 nitrogen and oxygen atoms in total. The highest BCUT2D eigenvalue weighted by Gasteiger charge is 2.10. The Morgan fingerprint density at radius 2 is 1.90 bits per heavy atom. The maximum atomic E-state index is 12.6. The highest BCUT2D eigenvalue weighted by atomic mass is 16.5. The first-order valence-corrected chi connectivity index (χ1v) is 9.62. The van der Waals surface area contributed by atoms with Gasteiger partial charge in [0.15, 0.2) is 0 Å². The Morgan fingerprint density at radius 1 is 1.17 bits per heavy atom. The number of ether oxygens (including phenoxy) is 1. The van der Waals surface area contributed by atoms with Crippen molar-refractivity contribution in [1.82, 2.24) is 5.32 Å². The van der Waals surface area contributed by atoms with Crippen molar-refractivity contribution < 1.29 is 9.53 Å². The van der Waals surface area contributed by atoms with Crippen molar-refractivity contribution in [2.24, 2.45) is 0 Å². The van der Waals surface area contributed by atoms with Gasteiger partial charge in [-0.05, 0) is 54.8 Å². The van der Waals surface area contributed by atoms with Crippen molar-refractivity contribution in [1.29, 1.82) is 5.26 Å². The smallest absolute Gasteiger partial charge is 0.208 e. The van der Waals surface area contributed by atoms with E-state index in [0.29, 0.717) is 23.4 Å². The predicted molar refractivity (Wildman–Crippen MR) is 117 cm³/mol. The molecule has 2 rings (SSSR count). The van der Waals surface area contributed by atoms with Gasteiger partial charge in [0.2, 0.25) is 5.78 Å². The lowest BCUT2D eigenvalue weighted by Gasteiger charge is -2.08. The Kier molecular flexibility index (Phi) is 9.14. The summed E-state index contributed by atoms with van der Waals surface area (Å²) < 4.78 is 5.38. The fourth-order valence-corrected chi connectivity index (χ4v) is 2.68. The van der Waals surface area contributed by atoms with E-state index in [4.69, 9.17) is 10.00 Å². The van der Waals surface area contributed by atoms with Crippen molar-refractivity contribution in [3.05, 3.63) is 101 Å². The summed E-state index contributed by atoms with van der Waals surface area (Å²) >= 11 is 0. The summed E-state index contributed by atoms with van der Waals surface area (Å²) in [4.78, 5) is 12.6. The lowest BCUT2D eigenvalue weighted by atomic mass is 10.1. The summed E-state index contributed by atoms with van der Waals surface area (Å²) in [6.45, 7) is 7.66. The van der Waals surface area contributed by atoms with Crippen LogP contribution in [0.3, 0.4) is 0 Å². The van der Waals surface area contributed by atoms with E-state index < -0.39 is 0 Å². The van der Waals surface area contributed by atoms with Crippen LogP contribution in [0.1, 0.15) is 34.0 Å². The van der Waals surface area contributed by atoms with E-state index in [0.717, 1.165) is 25.2 Å². The van der Waals surface area contributed by atoms with Gasteiger partial charge in [-0.15, -0.1) is 0 Å². The van der Waals surface area contributed by atoms with Crippen LogP contribution >= 0.6 is 0 Å². The standard InChI is InChI=1S/C25H26N2O2/c1-3-6-24(25(28)23-14-12-22(19-26)13-15-23)27-17-5-7-20-8-10-21(11-9-20)16-18-29-4-2/h3,5-15,27H,1,4,16-18H2,2H3/b7-5+,24-6-. The van der Waals surface area contributed by atoms with E-state index in [2.05, 4.69) is 36.2 Å². The van der Waals surface area contributed by atoms with Crippen LogP contribution in [0.2, 0.25) is 0 Å². The molecule has 0 fully saturated rings. The molecule has 0 aliphatic rings. The molecular formula is C25H26N2O2. The molecule has 0 heterocycles. The normalized spacial score (nSPS) is 11.2. The van der Waals surface area contributed by atoms with E-state index in [9.17, 15) is 4.79 Å². The quantitative estimate of drug-likeness (QED) is 0.263. The molecule has 0 spiro atoms. The second-order valence-corrected chi connectivity index (χ2v) is 6.31. The average molecular weight is 386 g/mol. The van der Waals surface area contributed by atoms with Crippen LogP contribution in [0, 0.1) is 11.3 Å². The number of nitriles is 1. The molecular weight excluding hydrogens is 360 g/mol. The van der Waals surface area contributed by atoms with E-state index in [-0.39, 0.29) is 5.78 Å². The monoisotopic (exact) mass is 386 g/mol. The van der Waals surface area contributed by atoms with Gasteiger partial charge in [0.25, 0.3) is 0 Å². The fraction of sp³-hybridized carbons (Fsp3) is 0.200. The van der Waals surface area contributed by atoms with E-state index in [1.807, 2.05) is 25.1 Å². The van der Waals surface area contributed by atoms with Gasteiger partial charge < -0.3 is 10.1 Å². The molecule has 0 aromatic heterocycles. The molecule has 0 saturated heterocycles. The largest absolute Gasteiger partial charge is 0.381 e. The topological polar surface area (TPSA) is 62.1 Å². The van der Waals surface area contributed by atoms with Gasteiger partial charge >= 0.3 is 0 Å². The first-order valence-electron chi connectivity index (χ1n) is 9.62. The second-order valence-electron chi connectivity index (χ2n) is 6.31. The lowest BCUT2D eigenvalue weighted by molar-refractivity contribution is 0.102. The number of carbonyl (C=O) groups is 1. The number of rotatable bonds is 11. The third-order valence-corrected chi connectivity index (χ3v) is 4.24. The van der Waals surface area contributed by atoms with Crippen LogP contribution in [-0.4, -0.2) is 25.5 Å². The number of ketones is 1. The third kappa shape index (κ3) is 7.25. The third-order valence-electron chi connectivity index (χ3n) is 4.24. The number of allylic oxidation sites excluding steroid dienone is 3. The SMILES string of the molecule is C=C/C=C(\NC/C=C/c1ccc(CCOCC)cc1)C(=O)c1ccc(C#N)cc1. The van der Waals surface area contributed by atoms with Crippen molar-refractivity contribution in [3.63, 3.8) is 0 Å². The van der Waals surface area contributed by atoms with Gasteiger partial charge in [0.1, 0.15) is 0 Å². The van der Waals surface area contributed by atoms with Gasteiger partial charge in [-0.2, -0.15) is 5.26 Å². The minimum Gasteiger partial charge on any atom is -0.381 e. The Hall–Kier alpha value is -3.42. The highest BCUT2D eigenvalue weighted by molar-refractivity contribution is 6.08. The maximum Gasteiger partial charge on any atom is 0.208 e. The van der Waals surface area contributed by atoms with Gasteiger partial charge in [-0.25, -0.2) is 0 Å². The van der Waals surface area contributed by atoms with Gasteiger partial charge in [0.05, 0.1) is 23.9 Å². The van der Waals surface area contributed by atoms with Crippen LogP contribution < -0.4 is 5.32 Å². The first-order chi connectivity index (χ1) is 14.2. The number of hydrogen-bond acceptors (Lipinski definition) is 4. The van der Waals surface area contributed by atoms with Gasteiger partial charge in [0, 0.05) is 18.7 Å². The summed E-state index contributed by atoms with van der Waals surface area (Å²) in [5, 5.41) is 12.0. The molecule has 0 aliphatic heterocycles. The number of hydrogen-bond donors (Lipinski definition) is 1. The molecule has 0 atom stereocenters. The molecule has 0 saturated carbocycles. The minimum absolute atomic E-state index is 0.138. The molecule has 0 aliphatic carbocycles. The number of nitrogens with zero attached hydrogens (tertiary/aromatic N) is 1. The molecule has 0 unspecified atom stereocenters. The molecule has 0 amide bonds. The number of benzene rings is 2. The van der Waals surface area contributed by atoms with Gasteiger partial charge in [-0.3, -0.25) is 4.79 Å². The van der Waals surface area contributed by atoms with E-state index in [1.165, 1.54) is 5.56 Å². The molecule has 29 heavy (non-hydrogen) atoms. The zero-order valence-corrected chi connectivity index (χ0v) is 16.7. The molecule has 1 N–H and O–H groups in total. The van der Waals surface area contributed by atoms with E-state index >= 15 is 0 Å². The average Bonchev–Trinajstić information content (AvgIpc) is 2.76. The maximum absolute atomic E-state index is 12.6. The zero-order chi connectivity index (χ0) is 20.9.